The predicted octanol–water partition coefficient (Wildman–Crippen LogP) is 3.70. The van der Waals surface area contributed by atoms with E-state index in [2.05, 4.69) is 15.5 Å². The summed E-state index contributed by atoms with van der Waals surface area (Å²) in [6.07, 6.45) is 0. The maximum absolute atomic E-state index is 12.1. The molecule has 0 aliphatic carbocycles. The molecular formula is C12H8Cl3N3O2. The molecule has 20 heavy (non-hydrogen) atoms. The Morgan fingerprint density at radius 1 is 1.20 bits per heavy atom. The van der Waals surface area contributed by atoms with E-state index in [1.54, 1.807) is 18.2 Å². The van der Waals surface area contributed by atoms with Gasteiger partial charge in [0.05, 0.1) is 17.7 Å². The van der Waals surface area contributed by atoms with Crippen LogP contribution in [0.2, 0.25) is 15.3 Å². The van der Waals surface area contributed by atoms with Gasteiger partial charge in [0.2, 0.25) is 0 Å². The van der Waals surface area contributed by atoms with Gasteiger partial charge >= 0.3 is 0 Å². The van der Waals surface area contributed by atoms with Crippen LogP contribution in [0.15, 0.2) is 24.3 Å². The van der Waals surface area contributed by atoms with Crippen molar-refractivity contribution in [2.24, 2.45) is 0 Å². The van der Waals surface area contributed by atoms with Crippen molar-refractivity contribution in [2.75, 3.05) is 12.4 Å². The maximum Gasteiger partial charge on any atom is 0.258 e. The van der Waals surface area contributed by atoms with Crippen LogP contribution in [0.25, 0.3) is 0 Å². The van der Waals surface area contributed by atoms with Crippen LogP contribution in [0, 0.1) is 0 Å². The largest absolute Gasteiger partial charge is 0.495 e. The molecule has 5 nitrogen and oxygen atoms in total. The van der Waals surface area contributed by atoms with Crippen LogP contribution >= 0.6 is 34.8 Å². The van der Waals surface area contributed by atoms with E-state index in [-0.39, 0.29) is 15.9 Å². The summed E-state index contributed by atoms with van der Waals surface area (Å²) >= 11 is 17.4. The molecule has 0 fully saturated rings. The van der Waals surface area contributed by atoms with Gasteiger partial charge in [-0.05, 0) is 24.3 Å². The first-order chi connectivity index (χ1) is 9.51. The van der Waals surface area contributed by atoms with Gasteiger partial charge in [-0.25, -0.2) is 0 Å². The molecular weight excluding hydrogens is 325 g/mol. The summed E-state index contributed by atoms with van der Waals surface area (Å²) < 4.78 is 5.02. The lowest BCUT2D eigenvalue weighted by Crippen LogP contribution is -2.13. The highest BCUT2D eigenvalue weighted by atomic mass is 35.5. The van der Waals surface area contributed by atoms with Gasteiger partial charge in [0.25, 0.3) is 5.91 Å². The fourth-order valence-corrected chi connectivity index (χ4v) is 2.04. The number of halogens is 3. The Labute approximate surface area is 129 Å². The standard InChI is InChI=1S/C12H8Cl3N3O2/c1-20-9-3-2-6(4-8(9)13)16-12(19)7-5-10(14)17-18-11(7)15/h2-5H,1H3,(H,16,19). The number of ether oxygens (including phenoxy) is 1. The molecule has 1 aromatic carbocycles. The van der Waals surface area contributed by atoms with E-state index in [9.17, 15) is 4.79 Å². The summed E-state index contributed by atoms with van der Waals surface area (Å²) in [5, 5.41) is 10.1. The molecule has 8 heteroatoms. The number of nitrogens with one attached hydrogen (secondary N) is 1. The van der Waals surface area contributed by atoms with Crippen LogP contribution in [-0.4, -0.2) is 23.2 Å². The van der Waals surface area contributed by atoms with Crippen molar-refractivity contribution in [2.45, 2.75) is 0 Å². The molecule has 1 aromatic heterocycles. The molecule has 0 unspecified atom stereocenters. The highest BCUT2D eigenvalue weighted by molar-refractivity contribution is 6.35. The van der Waals surface area contributed by atoms with Gasteiger partial charge in [-0.3, -0.25) is 4.79 Å². The Morgan fingerprint density at radius 3 is 2.60 bits per heavy atom. The molecule has 0 bridgehead atoms. The van der Waals surface area contributed by atoms with Crippen LogP contribution in [0.3, 0.4) is 0 Å². The number of anilines is 1. The summed E-state index contributed by atoms with van der Waals surface area (Å²) in [5.74, 6) is 0.0457. The van der Waals surface area contributed by atoms with Crippen molar-refractivity contribution in [3.63, 3.8) is 0 Å². The summed E-state index contributed by atoms with van der Waals surface area (Å²) in [6, 6.07) is 6.17. The average molecular weight is 333 g/mol. The molecule has 0 saturated carbocycles. The number of aromatic nitrogens is 2. The van der Waals surface area contributed by atoms with Gasteiger partial charge in [0.1, 0.15) is 5.75 Å². The second-order valence-corrected chi connectivity index (χ2v) is 4.83. The summed E-state index contributed by atoms with van der Waals surface area (Å²) in [6.45, 7) is 0. The van der Waals surface area contributed by atoms with Gasteiger partial charge in [-0.1, -0.05) is 34.8 Å². The fourth-order valence-electron chi connectivity index (χ4n) is 1.45. The van der Waals surface area contributed by atoms with Crippen molar-refractivity contribution < 1.29 is 9.53 Å². The highest BCUT2D eigenvalue weighted by Gasteiger charge is 2.14. The number of amides is 1. The molecule has 104 valence electrons. The summed E-state index contributed by atoms with van der Waals surface area (Å²) in [5.41, 5.74) is 0.614. The van der Waals surface area contributed by atoms with Gasteiger partial charge in [-0.15, -0.1) is 10.2 Å². The first-order valence-corrected chi connectivity index (χ1v) is 6.48. The number of methoxy groups -OCH3 is 1. The number of hydrogen-bond acceptors (Lipinski definition) is 4. The van der Waals surface area contributed by atoms with Crippen molar-refractivity contribution in [1.82, 2.24) is 10.2 Å². The Morgan fingerprint density at radius 2 is 1.95 bits per heavy atom. The quantitative estimate of drug-likeness (QED) is 0.931. The third kappa shape index (κ3) is 3.30. The second kappa shape index (κ2) is 6.26. The molecule has 2 rings (SSSR count). The molecule has 1 amide bonds. The number of benzene rings is 1. The normalized spacial score (nSPS) is 10.2. The predicted molar refractivity (Wildman–Crippen MR) is 78.0 cm³/mol. The molecule has 0 aliphatic rings. The Balaban J connectivity index is 2.23. The van der Waals surface area contributed by atoms with Crippen LogP contribution in [0.1, 0.15) is 10.4 Å². The van der Waals surface area contributed by atoms with E-state index in [0.29, 0.717) is 16.5 Å². The van der Waals surface area contributed by atoms with Crippen molar-refractivity contribution in [1.29, 1.82) is 0 Å². The van der Waals surface area contributed by atoms with Crippen LogP contribution in [0.4, 0.5) is 5.69 Å². The van der Waals surface area contributed by atoms with Crippen molar-refractivity contribution in [3.05, 3.63) is 45.2 Å². The molecule has 0 aliphatic heterocycles. The van der Waals surface area contributed by atoms with Crippen molar-refractivity contribution in [3.8, 4) is 5.75 Å². The molecule has 2 aromatic rings. The third-order valence-corrected chi connectivity index (χ3v) is 3.13. The Bertz CT molecular complexity index is 664. The van der Waals surface area contributed by atoms with Gasteiger partial charge < -0.3 is 10.1 Å². The second-order valence-electron chi connectivity index (χ2n) is 3.67. The fraction of sp³-hybridized carbons (Fsp3) is 0.0833. The Hall–Kier alpha value is -1.56. The van der Waals surface area contributed by atoms with E-state index >= 15 is 0 Å². The highest BCUT2D eigenvalue weighted by Crippen LogP contribution is 2.27. The van der Waals surface area contributed by atoms with E-state index in [1.165, 1.54) is 13.2 Å². The lowest BCUT2D eigenvalue weighted by molar-refractivity contribution is 0.102. The monoisotopic (exact) mass is 331 g/mol. The first-order valence-electron chi connectivity index (χ1n) is 5.35. The van der Waals surface area contributed by atoms with E-state index in [1.807, 2.05) is 0 Å². The maximum atomic E-state index is 12.1. The number of rotatable bonds is 3. The molecule has 0 radical (unpaired) electrons. The minimum atomic E-state index is -0.465. The average Bonchev–Trinajstić information content (AvgIpc) is 2.41. The number of carbonyl (C=O) groups excluding carboxylic acids is 1. The van der Waals surface area contributed by atoms with Crippen molar-refractivity contribution >= 4 is 46.4 Å². The minimum Gasteiger partial charge on any atom is -0.495 e. The zero-order valence-corrected chi connectivity index (χ0v) is 12.4. The van der Waals surface area contributed by atoms with Crippen LogP contribution < -0.4 is 10.1 Å². The molecule has 0 spiro atoms. The van der Waals surface area contributed by atoms with E-state index in [0.717, 1.165) is 0 Å². The summed E-state index contributed by atoms with van der Waals surface area (Å²) in [4.78, 5) is 12.1. The number of carbonyl (C=O) groups is 1. The third-order valence-electron chi connectivity index (χ3n) is 2.37. The zero-order valence-electron chi connectivity index (χ0n) is 10.2. The molecule has 0 atom stereocenters. The number of hydrogen-bond donors (Lipinski definition) is 1. The lowest BCUT2D eigenvalue weighted by Gasteiger charge is -2.08. The molecule has 1 N–H and O–H groups in total. The Kier molecular flexibility index (Phi) is 4.65. The number of nitrogens with zero attached hydrogens (tertiary/aromatic N) is 2. The first kappa shape index (κ1) is 14.8. The molecule has 1 heterocycles. The van der Waals surface area contributed by atoms with Gasteiger partial charge in [0, 0.05) is 5.69 Å². The zero-order chi connectivity index (χ0) is 14.7. The van der Waals surface area contributed by atoms with Crippen LogP contribution in [0.5, 0.6) is 5.75 Å². The summed E-state index contributed by atoms with van der Waals surface area (Å²) in [7, 11) is 1.50. The lowest BCUT2D eigenvalue weighted by atomic mass is 10.2. The van der Waals surface area contributed by atoms with E-state index < -0.39 is 5.91 Å². The SMILES string of the molecule is COc1ccc(NC(=O)c2cc(Cl)nnc2Cl)cc1Cl. The van der Waals surface area contributed by atoms with Crippen LogP contribution in [-0.2, 0) is 0 Å². The van der Waals surface area contributed by atoms with Gasteiger partial charge in [-0.2, -0.15) is 0 Å². The van der Waals surface area contributed by atoms with E-state index in [4.69, 9.17) is 39.5 Å². The smallest absolute Gasteiger partial charge is 0.258 e. The topological polar surface area (TPSA) is 64.1 Å². The molecule has 0 saturated heterocycles. The van der Waals surface area contributed by atoms with Gasteiger partial charge in [0.15, 0.2) is 10.3 Å². The minimum absolute atomic E-state index is 0.0356.